The van der Waals surface area contributed by atoms with Gasteiger partial charge in [0.1, 0.15) is 0 Å². The summed E-state index contributed by atoms with van der Waals surface area (Å²) in [6.45, 7) is 9.75. The van der Waals surface area contributed by atoms with E-state index in [-0.39, 0.29) is 5.41 Å². The fourth-order valence-electron chi connectivity index (χ4n) is 1.89. The predicted octanol–water partition coefficient (Wildman–Crippen LogP) is 1.21. The third kappa shape index (κ3) is 2.41. The maximum absolute atomic E-state index is 12.2. The Morgan fingerprint density at radius 3 is 2.19 bits per heavy atom. The van der Waals surface area contributed by atoms with E-state index in [0.717, 1.165) is 0 Å². The van der Waals surface area contributed by atoms with Crippen molar-refractivity contribution in [3.63, 3.8) is 0 Å². The van der Waals surface area contributed by atoms with Crippen LogP contribution in [-0.4, -0.2) is 41.8 Å². The van der Waals surface area contributed by atoms with Crippen LogP contribution in [0.4, 0.5) is 0 Å². The van der Waals surface area contributed by atoms with Gasteiger partial charge in [0.25, 0.3) is 0 Å². The van der Waals surface area contributed by atoms with Crippen molar-refractivity contribution in [2.45, 2.75) is 51.9 Å². The fraction of sp³-hybridized carbons (Fsp3) is 1.00. The molecule has 0 aromatic carbocycles. The molecule has 96 valence electrons. The van der Waals surface area contributed by atoms with Gasteiger partial charge in [-0.1, -0.05) is 13.8 Å². The second kappa shape index (κ2) is 3.96. The van der Waals surface area contributed by atoms with Crippen molar-refractivity contribution in [3.05, 3.63) is 0 Å². The van der Waals surface area contributed by atoms with Gasteiger partial charge in [0.2, 0.25) is 10.0 Å². The number of hydrogen-bond donors (Lipinski definition) is 1. The molecular weight excluding hydrogens is 226 g/mol. The highest BCUT2D eigenvalue weighted by molar-refractivity contribution is 7.90. The first-order valence-electron chi connectivity index (χ1n) is 5.66. The summed E-state index contributed by atoms with van der Waals surface area (Å²) in [5.41, 5.74) is -0.365. The number of hydrogen-bond acceptors (Lipinski definition) is 3. The van der Waals surface area contributed by atoms with Gasteiger partial charge in [-0.25, -0.2) is 12.7 Å². The molecule has 1 saturated heterocycles. The molecule has 0 amide bonds. The second-order valence-electron chi connectivity index (χ2n) is 6.24. The number of piperidine rings is 1. The van der Waals surface area contributed by atoms with E-state index in [1.165, 1.54) is 4.31 Å². The van der Waals surface area contributed by atoms with Gasteiger partial charge in [0.15, 0.2) is 0 Å². The molecule has 0 saturated carbocycles. The van der Waals surface area contributed by atoms with E-state index in [4.69, 9.17) is 0 Å². The molecule has 1 N–H and O–H groups in total. The molecule has 16 heavy (non-hydrogen) atoms. The third-order valence-electron chi connectivity index (χ3n) is 3.25. The summed E-state index contributed by atoms with van der Waals surface area (Å²) in [7, 11) is -3.27. The monoisotopic (exact) mass is 249 g/mol. The Kier molecular flexibility index (Phi) is 3.45. The van der Waals surface area contributed by atoms with Crippen molar-refractivity contribution in [2.24, 2.45) is 5.41 Å². The summed E-state index contributed by atoms with van der Waals surface area (Å²) < 4.78 is 25.2. The molecule has 0 aromatic rings. The quantitative estimate of drug-likeness (QED) is 0.760. The average molecular weight is 249 g/mol. The Labute approximate surface area is 98.7 Å². The van der Waals surface area contributed by atoms with Crippen LogP contribution in [-0.2, 0) is 10.0 Å². The zero-order valence-corrected chi connectivity index (χ0v) is 11.6. The van der Waals surface area contributed by atoms with E-state index in [2.05, 4.69) is 0 Å². The molecule has 1 aliphatic rings. The number of aliphatic hydroxyl groups excluding tert-OH is 1. The van der Waals surface area contributed by atoms with Crippen molar-refractivity contribution in [1.29, 1.82) is 0 Å². The zero-order valence-electron chi connectivity index (χ0n) is 10.8. The molecule has 1 rings (SSSR count). The Hall–Kier alpha value is -0.130. The third-order valence-corrected chi connectivity index (χ3v) is 5.79. The molecule has 0 aliphatic carbocycles. The summed E-state index contributed by atoms with van der Waals surface area (Å²) in [4.78, 5) is 0. The smallest absolute Gasteiger partial charge is 0.219 e. The minimum atomic E-state index is -3.27. The highest BCUT2D eigenvalue weighted by Gasteiger charge is 2.43. The lowest BCUT2D eigenvalue weighted by atomic mass is 9.82. The van der Waals surface area contributed by atoms with Crippen LogP contribution in [0.15, 0.2) is 0 Å². The van der Waals surface area contributed by atoms with Gasteiger partial charge in [-0.15, -0.1) is 0 Å². The lowest BCUT2D eigenvalue weighted by Crippen LogP contribution is -2.54. The molecular formula is C11H23NO3S. The minimum absolute atomic E-state index is 0.365. The zero-order chi connectivity index (χ0) is 12.8. The van der Waals surface area contributed by atoms with E-state index in [1.807, 2.05) is 13.8 Å². The van der Waals surface area contributed by atoms with Crippen LogP contribution in [0.25, 0.3) is 0 Å². The van der Waals surface area contributed by atoms with Gasteiger partial charge in [-0.05, 0) is 27.2 Å². The Balaban J connectivity index is 2.94. The lowest BCUT2D eigenvalue weighted by Gasteiger charge is -2.43. The first-order chi connectivity index (χ1) is 6.98. The summed E-state index contributed by atoms with van der Waals surface area (Å²) in [5.74, 6) is 0. The first kappa shape index (κ1) is 13.9. The van der Waals surface area contributed by atoms with E-state index in [0.29, 0.717) is 19.5 Å². The first-order valence-corrected chi connectivity index (χ1v) is 7.10. The van der Waals surface area contributed by atoms with Crippen LogP contribution in [0.1, 0.15) is 41.0 Å². The molecule has 5 heteroatoms. The topological polar surface area (TPSA) is 57.6 Å². The summed E-state index contributed by atoms with van der Waals surface area (Å²) in [6, 6.07) is 0. The molecule has 4 nitrogen and oxygen atoms in total. The van der Waals surface area contributed by atoms with Crippen LogP contribution >= 0.6 is 0 Å². The molecule has 1 fully saturated rings. The number of sulfonamides is 1. The van der Waals surface area contributed by atoms with Gasteiger partial charge in [-0.3, -0.25) is 0 Å². The molecule has 1 heterocycles. The van der Waals surface area contributed by atoms with Crippen LogP contribution in [0.5, 0.6) is 0 Å². The SMILES string of the molecule is CC1(C)CN(S(=O)(=O)C(C)(C)C)CCC1O. The van der Waals surface area contributed by atoms with E-state index in [9.17, 15) is 13.5 Å². The van der Waals surface area contributed by atoms with Crippen molar-refractivity contribution in [3.8, 4) is 0 Å². The molecule has 1 atom stereocenters. The number of rotatable bonds is 1. The van der Waals surface area contributed by atoms with Gasteiger partial charge in [0, 0.05) is 18.5 Å². The van der Waals surface area contributed by atoms with Gasteiger partial charge < -0.3 is 5.11 Å². The maximum Gasteiger partial charge on any atom is 0.219 e. The highest BCUT2D eigenvalue weighted by Crippen LogP contribution is 2.33. The normalized spacial score (nSPS) is 28.0. The molecule has 0 bridgehead atoms. The summed E-state index contributed by atoms with van der Waals surface area (Å²) in [6.07, 6.45) is 0.0985. The van der Waals surface area contributed by atoms with Gasteiger partial charge in [-0.2, -0.15) is 0 Å². The van der Waals surface area contributed by atoms with Gasteiger partial charge in [0.05, 0.1) is 10.9 Å². The standard InChI is InChI=1S/C11H23NO3S/c1-10(2,3)16(14,15)12-7-6-9(13)11(4,5)8-12/h9,13H,6-8H2,1-5H3. The molecule has 1 unspecified atom stereocenters. The number of nitrogens with zero attached hydrogens (tertiary/aromatic N) is 1. The molecule has 0 aromatic heterocycles. The van der Waals surface area contributed by atoms with Crippen LogP contribution in [0, 0.1) is 5.41 Å². The second-order valence-corrected chi connectivity index (χ2v) is 8.94. The van der Waals surface area contributed by atoms with Crippen LogP contribution < -0.4 is 0 Å². The fourth-order valence-corrected chi connectivity index (χ4v) is 3.51. The maximum atomic E-state index is 12.2. The van der Waals surface area contributed by atoms with Gasteiger partial charge >= 0.3 is 0 Å². The summed E-state index contributed by atoms with van der Waals surface area (Å²) in [5, 5.41) is 9.80. The average Bonchev–Trinajstić information content (AvgIpc) is 2.07. The molecule has 0 spiro atoms. The lowest BCUT2D eigenvalue weighted by molar-refractivity contribution is -0.000805. The Bertz CT molecular complexity index is 354. The highest BCUT2D eigenvalue weighted by atomic mass is 32.2. The van der Waals surface area contributed by atoms with Crippen LogP contribution in [0.2, 0.25) is 0 Å². The molecule has 1 aliphatic heterocycles. The van der Waals surface area contributed by atoms with E-state index >= 15 is 0 Å². The molecule has 0 radical (unpaired) electrons. The van der Waals surface area contributed by atoms with Crippen molar-refractivity contribution in [2.75, 3.05) is 13.1 Å². The van der Waals surface area contributed by atoms with Crippen molar-refractivity contribution in [1.82, 2.24) is 4.31 Å². The predicted molar refractivity (Wildman–Crippen MR) is 64.7 cm³/mol. The van der Waals surface area contributed by atoms with Crippen molar-refractivity contribution >= 4 is 10.0 Å². The van der Waals surface area contributed by atoms with E-state index in [1.54, 1.807) is 20.8 Å². The Morgan fingerprint density at radius 2 is 1.81 bits per heavy atom. The van der Waals surface area contributed by atoms with Crippen LogP contribution in [0.3, 0.4) is 0 Å². The Morgan fingerprint density at radius 1 is 1.31 bits per heavy atom. The van der Waals surface area contributed by atoms with Crippen molar-refractivity contribution < 1.29 is 13.5 Å². The minimum Gasteiger partial charge on any atom is -0.392 e. The van der Waals surface area contributed by atoms with E-state index < -0.39 is 20.9 Å². The number of aliphatic hydroxyl groups is 1. The largest absolute Gasteiger partial charge is 0.392 e. The summed E-state index contributed by atoms with van der Waals surface area (Å²) >= 11 is 0.